The monoisotopic (exact) mass is 359 g/mol. The van der Waals surface area contributed by atoms with Gasteiger partial charge in [-0.15, -0.1) is 0 Å². The van der Waals surface area contributed by atoms with Gasteiger partial charge in [-0.05, 0) is 40.5 Å². The number of benzene rings is 1. The third-order valence-electron chi connectivity index (χ3n) is 2.54. The summed E-state index contributed by atoms with van der Waals surface area (Å²) in [7, 11) is 1.55. The topological polar surface area (TPSA) is 47.0 Å². The number of hydrogen-bond acceptors (Lipinski definition) is 4. The molecule has 0 bridgehead atoms. The molecule has 1 aromatic heterocycles. The van der Waals surface area contributed by atoms with Crippen molar-refractivity contribution in [3.8, 4) is 0 Å². The van der Waals surface area contributed by atoms with Crippen LogP contribution in [-0.2, 0) is 11.3 Å². The fourth-order valence-corrected chi connectivity index (χ4v) is 2.30. The average Bonchev–Trinajstić information content (AvgIpc) is 2.35. The zero-order valence-electron chi connectivity index (χ0n) is 10.9. The summed E-state index contributed by atoms with van der Waals surface area (Å²) in [6.07, 6.45) is 0. The number of halogens is 3. The normalized spacial score (nSPS) is 10.7. The molecule has 106 valence electrons. The fourth-order valence-electron chi connectivity index (χ4n) is 1.64. The Morgan fingerprint density at radius 1 is 1.35 bits per heavy atom. The molecule has 0 saturated carbocycles. The lowest BCUT2D eigenvalue weighted by molar-refractivity contribution is 0.178. The van der Waals surface area contributed by atoms with E-state index in [-0.39, 0.29) is 12.4 Å². The van der Waals surface area contributed by atoms with Gasteiger partial charge in [0.05, 0.1) is 4.47 Å². The first-order chi connectivity index (χ1) is 9.49. The van der Waals surface area contributed by atoms with Gasteiger partial charge in [-0.25, -0.2) is 14.4 Å². The van der Waals surface area contributed by atoms with Gasteiger partial charge in [0.1, 0.15) is 23.4 Å². The van der Waals surface area contributed by atoms with Crippen LogP contribution in [0.25, 0.3) is 0 Å². The van der Waals surface area contributed by atoms with Crippen LogP contribution < -0.4 is 5.32 Å². The molecule has 0 fully saturated rings. The minimum absolute atomic E-state index is 0.253. The molecule has 0 radical (unpaired) electrons. The number of rotatable bonds is 4. The zero-order valence-corrected chi connectivity index (χ0v) is 13.2. The Kier molecular flexibility index (Phi) is 4.91. The van der Waals surface area contributed by atoms with Crippen LogP contribution in [0.15, 0.2) is 22.7 Å². The van der Waals surface area contributed by atoms with E-state index in [9.17, 15) is 4.39 Å². The Morgan fingerprint density at radius 2 is 2.10 bits per heavy atom. The smallest absolute Gasteiger partial charge is 0.158 e. The van der Waals surface area contributed by atoms with E-state index in [1.165, 1.54) is 6.07 Å². The first-order valence-corrected chi connectivity index (χ1v) is 6.91. The van der Waals surface area contributed by atoms with Crippen molar-refractivity contribution in [1.29, 1.82) is 0 Å². The van der Waals surface area contributed by atoms with E-state index < -0.39 is 0 Å². The van der Waals surface area contributed by atoms with Crippen molar-refractivity contribution in [3.63, 3.8) is 0 Å². The van der Waals surface area contributed by atoms with Crippen LogP contribution in [0.3, 0.4) is 0 Å². The highest BCUT2D eigenvalue weighted by molar-refractivity contribution is 9.10. The molecular weight excluding hydrogens is 349 g/mol. The van der Waals surface area contributed by atoms with Gasteiger partial charge < -0.3 is 10.1 Å². The van der Waals surface area contributed by atoms with Gasteiger partial charge in [-0.3, -0.25) is 0 Å². The van der Waals surface area contributed by atoms with Gasteiger partial charge in [-0.1, -0.05) is 11.6 Å². The van der Waals surface area contributed by atoms with Crippen LogP contribution in [0, 0.1) is 12.7 Å². The van der Waals surface area contributed by atoms with Crippen molar-refractivity contribution in [2.75, 3.05) is 12.4 Å². The summed E-state index contributed by atoms with van der Waals surface area (Å²) in [5.74, 6) is 0.593. The first kappa shape index (κ1) is 15.2. The average molecular weight is 361 g/mol. The van der Waals surface area contributed by atoms with Gasteiger partial charge >= 0.3 is 0 Å². The van der Waals surface area contributed by atoms with Crippen LogP contribution in [0.2, 0.25) is 5.15 Å². The number of aryl methyl sites for hydroxylation is 1. The maximum Gasteiger partial charge on any atom is 0.158 e. The zero-order chi connectivity index (χ0) is 14.7. The van der Waals surface area contributed by atoms with E-state index in [2.05, 4.69) is 31.2 Å². The highest BCUT2D eigenvalue weighted by Crippen LogP contribution is 2.26. The minimum Gasteiger partial charge on any atom is -0.377 e. The number of methoxy groups -OCH3 is 1. The Morgan fingerprint density at radius 3 is 2.80 bits per heavy atom. The second-order valence-electron chi connectivity index (χ2n) is 4.13. The molecule has 0 amide bonds. The molecule has 7 heteroatoms. The Labute approximate surface area is 129 Å². The second kappa shape index (κ2) is 6.47. The molecule has 4 nitrogen and oxygen atoms in total. The molecule has 1 aromatic carbocycles. The first-order valence-electron chi connectivity index (χ1n) is 5.74. The highest BCUT2D eigenvalue weighted by Gasteiger charge is 2.08. The van der Waals surface area contributed by atoms with E-state index in [1.54, 1.807) is 19.2 Å². The van der Waals surface area contributed by atoms with Crippen LogP contribution in [0.4, 0.5) is 15.9 Å². The maximum atomic E-state index is 13.6. The third kappa shape index (κ3) is 3.65. The lowest BCUT2D eigenvalue weighted by Crippen LogP contribution is -2.03. The van der Waals surface area contributed by atoms with E-state index in [0.717, 1.165) is 5.56 Å². The lowest BCUT2D eigenvalue weighted by atomic mass is 10.2. The standard InChI is InChI=1S/C13H12BrClFN3O/c1-7-3-8(14)9(16)4-10(7)17-12-5-11(15)18-13(19-12)6-20-2/h3-5H,6H2,1-2H3,(H,17,18,19). The number of nitrogens with one attached hydrogen (secondary N) is 1. The number of anilines is 2. The largest absolute Gasteiger partial charge is 0.377 e. The summed E-state index contributed by atoms with van der Waals surface area (Å²) in [4.78, 5) is 8.27. The summed E-state index contributed by atoms with van der Waals surface area (Å²) >= 11 is 9.06. The molecule has 0 saturated heterocycles. The van der Waals surface area contributed by atoms with Crippen LogP contribution in [0.5, 0.6) is 0 Å². The number of hydrogen-bond donors (Lipinski definition) is 1. The molecule has 2 aromatic rings. The summed E-state index contributed by atoms with van der Waals surface area (Å²) in [6.45, 7) is 2.12. The van der Waals surface area contributed by atoms with E-state index >= 15 is 0 Å². The van der Waals surface area contributed by atoms with Crippen molar-refractivity contribution < 1.29 is 9.13 Å². The Bertz CT molecular complexity index is 639. The van der Waals surface area contributed by atoms with Crippen molar-refractivity contribution in [2.24, 2.45) is 0 Å². The summed E-state index contributed by atoms with van der Waals surface area (Å²) in [5, 5.41) is 3.32. The van der Waals surface area contributed by atoms with E-state index in [4.69, 9.17) is 16.3 Å². The molecule has 0 spiro atoms. The van der Waals surface area contributed by atoms with Gasteiger partial charge in [0.15, 0.2) is 5.82 Å². The van der Waals surface area contributed by atoms with E-state index in [0.29, 0.717) is 27.0 Å². The number of nitrogens with zero attached hydrogens (tertiary/aromatic N) is 2. The molecule has 1 heterocycles. The van der Waals surface area contributed by atoms with Gasteiger partial charge in [0, 0.05) is 18.9 Å². The maximum absolute atomic E-state index is 13.6. The molecule has 0 aliphatic heterocycles. The predicted octanol–water partition coefficient (Wildman–Crippen LogP) is 4.23. The molecular formula is C13H12BrClFN3O. The SMILES string of the molecule is COCc1nc(Cl)cc(Nc2cc(F)c(Br)cc2C)n1. The molecule has 0 unspecified atom stereocenters. The van der Waals surface area contributed by atoms with Crippen LogP contribution >= 0.6 is 27.5 Å². The van der Waals surface area contributed by atoms with E-state index in [1.807, 2.05) is 6.92 Å². The molecule has 0 atom stereocenters. The number of ether oxygens (including phenoxy) is 1. The quantitative estimate of drug-likeness (QED) is 0.829. The summed E-state index contributed by atoms with van der Waals surface area (Å²) in [5.41, 5.74) is 1.49. The highest BCUT2D eigenvalue weighted by atomic mass is 79.9. The second-order valence-corrected chi connectivity index (χ2v) is 5.37. The summed E-state index contributed by atoms with van der Waals surface area (Å²) in [6, 6.07) is 4.65. The van der Waals surface area contributed by atoms with Gasteiger partial charge in [0.25, 0.3) is 0 Å². The lowest BCUT2D eigenvalue weighted by Gasteiger charge is -2.11. The molecule has 20 heavy (non-hydrogen) atoms. The molecule has 0 aliphatic carbocycles. The third-order valence-corrected chi connectivity index (χ3v) is 3.35. The van der Waals surface area contributed by atoms with Crippen molar-refractivity contribution >= 4 is 39.0 Å². The summed E-state index contributed by atoms with van der Waals surface area (Å²) < 4.78 is 19.0. The van der Waals surface area contributed by atoms with Crippen molar-refractivity contribution in [2.45, 2.75) is 13.5 Å². The van der Waals surface area contributed by atoms with Gasteiger partial charge in [0.2, 0.25) is 0 Å². The van der Waals surface area contributed by atoms with Gasteiger partial charge in [-0.2, -0.15) is 0 Å². The minimum atomic E-state index is -0.352. The Hall–Kier alpha value is -1.24. The Balaban J connectivity index is 2.32. The fraction of sp³-hybridized carbons (Fsp3) is 0.231. The molecule has 2 rings (SSSR count). The number of aromatic nitrogens is 2. The molecule has 1 N–H and O–H groups in total. The van der Waals surface area contributed by atoms with Crippen LogP contribution in [0.1, 0.15) is 11.4 Å². The van der Waals surface area contributed by atoms with Crippen molar-refractivity contribution in [3.05, 3.63) is 45.0 Å². The molecule has 0 aliphatic rings. The predicted molar refractivity (Wildman–Crippen MR) is 79.9 cm³/mol. The van der Waals surface area contributed by atoms with Crippen molar-refractivity contribution in [1.82, 2.24) is 9.97 Å². The van der Waals surface area contributed by atoms with Crippen LogP contribution in [-0.4, -0.2) is 17.1 Å².